The minimum absolute atomic E-state index is 0.192. The predicted molar refractivity (Wildman–Crippen MR) is 142 cm³/mol. The second-order valence-corrected chi connectivity index (χ2v) is 11.4. The number of pyridine rings is 1. The predicted octanol–water partition coefficient (Wildman–Crippen LogP) is 5.86. The summed E-state index contributed by atoms with van der Waals surface area (Å²) in [6.45, 7) is 6.07. The van der Waals surface area contributed by atoms with Gasteiger partial charge in [0, 0.05) is 59.2 Å². The lowest BCUT2D eigenvalue weighted by molar-refractivity contribution is 0.474. The number of rotatable bonds is 5. The van der Waals surface area contributed by atoms with E-state index in [0.717, 1.165) is 46.9 Å². The quantitative estimate of drug-likeness (QED) is 0.263. The van der Waals surface area contributed by atoms with Crippen molar-refractivity contribution in [2.45, 2.75) is 25.5 Å². The number of anilines is 1. The molecule has 1 saturated heterocycles. The van der Waals surface area contributed by atoms with Crippen molar-refractivity contribution < 1.29 is 5.11 Å². The van der Waals surface area contributed by atoms with Crippen LogP contribution in [0.4, 0.5) is 5.69 Å². The first-order chi connectivity index (χ1) is 15.9. The first-order valence-corrected chi connectivity index (χ1v) is 13.5. The third-order valence-electron chi connectivity index (χ3n) is 6.23. The molecule has 4 aromatic rings. The molecule has 0 aliphatic carbocycles. The third-order valence-corrected chi connectivity index (χ3v) is 9.07. The first kappa shape index (κ1) is 22.7. The number of fused-ring (bicyclic) bond motifs is 2. The molecule has 5 rings (SSSR count). The molecule has 1 atom stereocenters. The summed E-state index contributed by atoms with van der Waals surface area (Å²) in [4.78, 5) is 7.34. The number of phenolic OH excluding ortho intramolecular Hbond substituents is 1. The van der Waals surface area contributed by atoms with Crippen molar-refractivity contribution in [1.82, 2.24) is 19.5 Å². The molecule has 2 aromatic carbocycles. The van der Waals surface area contributed by atoms with E-state index in [2.05, 4.69) is 33.8 Å². The van der Waals surface area contributed by atoms with Crippen molar-refractivity contribution in [1.29, 1.82) is 0 Å². The van der Waals surface area contributed by atoms with Crippen molar-refractivity contribution in [3.63, 3.8) is 0 Å². The number of aromatic hydroxyl groups is 1. The molecule has 33 heavy (non-hydrogen) atoms. The van der Waals surface area contributed by atoms with E-state index in [0.29, 0.717) is 21.5 Å². The van der Waals surface area contributed by atoms with E-state index in [4.69, 9.17) is 16.6 Å². The molecule has 6 nitrogen and oxygen atoms in total. The number of nitrogens with one attached hydrogen (secondary N) is 1. The lowest BCUT2D eigenvalue weighted by Crippen LogP contribution is -2.21. The van der Waals surface area contributed by atoms with E-state index in [9.17, 15) is 5.11 Å². The van der Waals surface area contributed by atoms with Gasteiger partial charge in [-0.2, -0.15) is 5.10 Å². The fourth-order valence-corrected chi connectivity index (χ4v) is 6.68. The van der Waals surface area contributed by atoms with E-state index in [1.807, 2.05) is 50.1 Å². The molecule has 1 unspecified atom stereocenters. The van der Waals surface area contributed by atoms with Gasteiger partial charge in [0.1, 0.15) is 5.75 Å². The van der Waals surface area contributed by atoms with Crippen molar-refractivity contribution in [2.75, 3.05) is 25.0 Å². The molecule has 0 radical (unpaired) electrons. The molecule has 1 fully saturated rings. The van der Waals surface area contributed by atoms with Gasteiger partial charge in [-0.05, 0) is 68.1 Å². The van der Waals surface area contributed by atoms with Gasteiger partial charge in [0.25, 0.3) is 0 Å². The molecule has 1 aliphatic heterocycles. The Morgan fingerprint density at radius 3 is 2.82 bits per heavy atom. The Labute approximate surface area is 206 Å². The van der Waals surface area contributed by atoms with Crippen molar-refractivity contribution in [3.05, 3.63) is 46.6 Å². The van der Waals surface area contributed by atoms with Crippen LogP contribution in [0.3, 0.4) is 0 Å². The zero-order chi connectivity index (χ0) is 23.3. The summed E-state index contributed by atoms with van der Waals surface area (Å²) in [7, 11) is 7.43. The molecule has 2 N–H and O–H groups in total. The van der Waals surface area contributed by atoms with Gasteiger partial charge in [-0.1, -0.05) is 22.4 Å². The van der Waals surface area contributed by atoms with Gasteiger partial charge in [-0.25, -0.2) is 4.98 Å². The minimum Gasteiger partial charge on any atom is -0.507 e. The molecule has 0 saturated carbocycles. The highest BCUT2D eigenvalue weighted by Gasteiger charge is 2.25. The molecule has 1 aliphatic rings. The van der Waals surface area contributed by atoms with Crippen LogP contribution in [0.15, 0.2) is 30.5 Å². The summed E-state index contributed by atoms with van der Waals surface area (Å²) < 4.78 is 4.90. The smallest absolute Gasteiger partial charge is 0.130 e. The van der Waals surface area contributed by atoms with Crippen molar-refractivity contribution >= 4 is 60.9 Å². The molecule has 3 heterocycles. The molecule has 2 aromatic heterocycles. The monoisotopic (exact) mass is 499 g/mol. The minimum atomic E-state index is 0.192. The number of hydrogen-bond donors (Lipinski definition) is 2. The summed E-state index contributed by atoms with van der Waals surface area (Å²) in [6, 6.07) is 8.06. The topological polar surface area (TPSA) is 66.2 Å². The van der Waals surface area contributed by atoms with Crippen LogP contribution in [0.25, 0.3) is 33.1 Å². The molecular formula is C24H26ClN5OS2. The molecule has 0 amide bonds. The zero-order valence-corrected chi connectivity index (χ0v) is 21.4. The van der Waals surface area contributed by atoms with Gasteiger partial charge in [0.15, 0.2) is 0 Å². The van der Waals surface area contributed by atoms with E-state index in [1.54, 1.807) is 15.7 Å². The Kier molecular flexibility index (Phi) is 6.11. The lowest BCUT2D eigenvalue weighted by atomic mass is 10.0. The van der Waals surface area contributed by atoms with Gasteiger partial charge in [-0.3, -0.25) is 9.40 Å². The number of aromatic nitrogens is 3. The number of benzene rings is 2. The summed E-state index contributed by atoms with van der Waals surface area (Å²) in [5.41, 5.74) is 6.09. The summed E-state index contributed by atoms with van der Waals surface area (Å²) in [5.74, 6) is 0.192. The number of nitrogens with zero attached hydrogens (tertiary/aromatic N) is 4. The second kappa shape index (κ2) is 8.91. The molecule has 0 spiro atoms. The first-order valence-electron chi connectivity index (χ1n) is 10.9. The number of hydrogen-bond acceptors (Lipinski definition) is 7. The second-order valence-electron chi connectivity index (χ2n) is 8.52. The van der Waals surface area contributed by atoms with Crippen LogP contribution in [-0.4, -0.2) is 45.3 Å². The largest absolute Gasteiger partial charge is 0.507 e. The van der Waals surface area contributed by atoms with Crippen molar-refractivity contribution in [3.8, 4) is 17.0 Å². The normalized spacial score (nSPS) is 16.4. The molecule has 172 valence electrons. The van der Waals surface area contributed by atoms with Crippen LogP contribution in [-0.2, 0) is 7.05 Å². The number of aryl methyl sites for hydroxylation is 3. The van der Waals surface area contributed by atoms with Crippen LogP contribution >= 0.6 is 33.4 Å². The fraction of sp³-hybridized carbons (Fsp3) is 0.333. The SMILES string of the molecule is CNSSC1CCN(c2cc3c(Cl)cc(-c4cc5cn(C)nc5c(C)c4O)nc3cc2C)C1. The molecule has 9 heteroatoms. The van der Waals surface area contributed by atoms with Gasteiger partial charge < -0.3 is 10.0 Å². The Balaban J connectivity index is 1.55. The average Bonchev–Trinajstić information content (AvgIpc) is 3.40. The Hall–Kier alpha value is -2.13. The van der Waals surface area contributed by atoms with Crippen molar-refractivity contribution in [2.24, 2.45) is 7.05 Å². The lowest BCUT2D eigenvalue weighted by Gasteiger charge is -2.22. The van der Waals surface area contributed by atoms with Crippen LogP contribution in [0.5, 0.6) is 5.75 Å². The highest BCUT2D eigenvalue weighted by Crippen LogP contribution is 2.40. The van der Waals surface area contributed by atoms with E-state index in [-0.39, 0.29) is 5.75 Å². The van der Waals surface area contributed by atoms with E-state index in [1.165, 1.54) is 11.3 Å². The van der Waals surface area contributed by atoms with Crippen LogP contribution in [0.1, 0.15) is 17.5 Å². The molecule has 0 bridgehead atoms. The number of halogens is 1. The maximum atomic E-state index is 10.9. The Bertz CT molecular complexity index is 1370. The third kappa shape index (κ3) is 4.14. The highest BCUT2D eigenvalue weighted by molar-refractivity contribution is 8.76. The van der Waals surface area contributed by atoms with Gasteiger partial charge in [0.05, 0.1) is 21.7 Å². The fourth-order valence-electron chi connectivity index (χ4n) is 4.58. The van der Waals surface area contributed by atoms with E-state index < -0.39 is 0 Å². The van der Waals surface area contributed by atoms with Crippen LogP contribution in [0, 0.1) is 13.8 Å². The van der Waals surface area contributed by atoms with Crippen LogP contribution < -0.4 is 9.62 Å². The maximum Gasteiger partial charge on any atom is 0.130 e. The summed E-state index contributed by atoms with van der Waals surface area (Å²) in [6.07, 6.45) is 3.11. The Morgan fingerprint density at radius 2 is 2.03 bits per heavy atom. The standard InChI is InChI=1S/C24H26ClN5OS2/c1-13-7-20-17(9-22(13)30-6-5-16(12-30)32-33-26-3)19(25)10-21(27-20)18-8-15-11-29(4)28-23(15)14(2)24(18)31/h7-11,16,26,31H,5-6,12H2,1-4H3. The molecular weight excluding hydrogens is 474 g/mol. The number of phenols is 1. The summed E-state index contributed by atoms with van der Waals surface area (Å²) in [5, 5.41) is 18.5. The average molecular weight is 500 g/mol. The van der Waals surface area contributed by atoms with E-state index >= 15 is 0 Å². The summed E-state index contributed by atoms with van der Waals surface area (Å²) >= 11 is 6.78. The highest BCUT2D eigenvalue weighted by atomic mass is 35.5. The van der Waals surface area contributed by atoms with Gasteiger partial charge in [0.2, 0.25) is 0 Å². The Morgan fingerprint density at radius 1 is 1.21 bits per heavy atom. The van der Waals surface area contributed by atoms with Crippen LogP contribution in [0.2, 0.25) is 5.02 Å². The van der Waals surface area contributed by atoms with Gasteiger partial charge in [-0.15, -0.1) is 0 Å². The maximum absolute atomic E-state index is 10.9. The zero-order valence-electron chi connectivity index (χ0n) is 19.0. The van der Waals surface area contributed by atoms with Gasteiger partial charge >= 0.3 is 0 Å².